The van der Waals surface area contributed by atoms with Crippen molar-refractivity contribution in [3.05, 3.63) is 35.9 Å². The number of carbonyl (C=O) groups excluding carboxylic acids is 1. The quantitative estimate of drug-likeness (QED) is 0.743. The largest absolute Gasteiger partial charge is 0.316 e. The summed E-state index contributed by atoms with van der Waals surface area (Å²) in [4.78, 5) is 12.7. The van der Waals surface area contributed by atoms with Gasteiger partial charge in [-0.3, -0.25) is 4.79 Å². The lowest BCUT2D eigenvalue weighted by Crippen LogP contribution is -2.22. The fraction of sp³-hybridized carbons (Fsp3) is 0.250. The molecule has 0 aliphatic heterocycles. The number of hydrogen-bond donors (Lipinski definition) is 0. The normalized spacial score (nSPS) is 10.6. The van der Waals surface area contributed by atoms with Crippen molar-refractivity contribution in [1.29, 1.82) is 0 Å². The summed E-state index contributed by atoms with van der Waals surface area (Å²) < 4.78 is 0. The van der Waals surface area contributed by atoms with Gasteiger partial charge in [0.25, 0.3) is 0 Å². The Balaban J connectivity index is 2.92. The maximum Gasteiger partial charge on any atom is 0.223 e. The van der Waals surface area contributed by atoms with Crippen LogP contribution in [0.1, 0.15) is 12.5 Å². The highest BCUT2D eigenvalue weighted by Crippen LogP contribution is 2.15. The van der Waals surface area contributed by atoms with Crippen molar-refractivity contribution >= 4 is 17.7 Å². The van der Waals surface area contributed by atoms with E-state index in [2.05, 4.69) is 0 Å². The molecule has 0 atom stereocenters. The molecule has 1 aromatic rings. The van der Waals surface area contributed by atoms with E-state index >= 15 is 0 Å². The Morgan fingerprint density at radius 1 is 1.47 bits per heavy atom. The van der Waals surface area contributed by atoms with Crippen LogP contribution in [0.4, 0.5) is 5.69 Å². The summed E-state index contributed by atoms with van der Waals surface area (Å²) >= 11 is 0. The van der Waals surface area contributed by atoms with Crippen LogP contribution in [-0.4, -0.2) is 19.6 Å². The fourth-order valence-corrected chi connectivity index (χ4v) is 1.20. The zero-order valence-corrected chi connectivity index (χ0v) is 8.93. The van der Waals surface area contributed by atoms with E-state index in [4.69, 9.17) is 0 Å². The van der Waals surface area contributed by atoms with Gasteiger partial charge in [-0.25, -0.2) is 5.11 Å². The second-order valence-electron chi connectivity index (χ2n) is 3.24. The minimum Gasteiger partial charge on any atom is -0.316 e. The molecule has 0 aliphatic rings. The average Bonchev–Trinajstić information content (AvgIpc) is 2.25. The summed E-state index contributed by atoms with van der Waals surface area (Å²) in [6, 6.07) is 7.48. The van der Waals surface area contributed by atoms with Crippen LogP contribution in [0.5, 0.6) is 0 Å². The SMILES string of the molecule is CC(=O)N(C)c1cccc(/C=C/C[O])c1. The summed E-state index contributed by atoms with van der Waals surface area (Å²) in [6.45, 7) is 1.28. The predicted molar refractivity (Wildman–Crippen MR) is 60.1 cm³/mol. The zero-order chi connectivity index (χ0) is 11.3. The van der Waals surface area contributed by atoms with Gasteiger partial charge in [0.05, 0.1) is 0 Å². The van der Waals surface area contributed by atoms with E-state index in [0.29, 0.717) is 0 Å². The van der Waals surface area contributed by atoms with Gasteiger partial charge in [0, 0.05) is 19.7 Å². The smallest absolute Gasteiger partial charge is 0.223 e. The van der Waals surface area contributed by atoms with Gasteiger partial charge >= 0.3 is 0 Å². The number of amides is 1. The molecule has 0 N–H and O–H groups in total. The molecule has 0 aromatic heterocycles. The second-order valence-corrected chi connectivity index (χ2v) is 3.24. The molecule has 0 saturated carbocycles. The van der Waals surface area contributed by atoms with Crippen LogP contribution >= 0.6 is 0 Å². The Labute approximate surface area is 89.6 Å². The lowest BCUT2D eigenvalue weighted by atomic mass is 10.2. The first-order valence-electron chi connectivity index (χ1n) is 4.74. The molecule has 1 rings (SSSR count). The van der Waals surface area contributed by atoms with Gasteiger partial charge in [-0.1, -0.05) is 24.3 Å². The van der Waals surface area contributed by atoms with E-state index in [0.717, 1.165) is 11.3 Å². The first-order chi connectivity index (χ1) is 7.15. The van der Waals surface area contributed by atoms with E-state index in [1.54, 1.807) is 24.1 Å². The Kier molecular flexibility index (Phi) is 4.06. The van der Waals surface area contributed by atoms with Gasteiger partial charge in [-0.15, -0.1) is 0 Å². The molecule has 79 valence electrons. The van der Waals surface area contributed by atoms with Crippen LogP contribution in [0.3, 0.4) is 0 Å². The maximum atomic E-state index is 11.1. The van der Waals surface area contributed by atoms with Gasteiger partial charge in [0.1, 0.15) is 6.61 Å². The molecule has 3 nitrogen and oxygen atoms in total. The molecule has 1 aromatic carbocycles. The predicted octanol–water partition coefficient (Wildman–Crippen LogP) is 2.11. The lowest BCUT2D eigenvalue weighted by molar-refractivity contribution is -0.116. The third kappa shape index (κ3) is 3.22. The lowest BCUT2D eigenvalue weighted by Gasteiger charge is -2.15. The highest BCUT2D eigenvalue weighted by molar-refractivity contribution is 5.91. The number of rotatable bonds is 3. The van der Waals surface area contributed by atoms with Gasteiger partial charge < -0.3 is 4.90 Å². The Bertz CT molecular complexity index is 372. The Hall–Kier alpha value is -1.61. The van der Waals surface area contributed by atoms with Gasteiger partial charge in [-0.05, 0) is 17.7 Å². The number of benzene rings is 1. The molecule has 3 heteroatoms. The zero-order valence-electron chi connectivity index (χ0n) is 8.93. The summed E-state index contributed by atoms with van der Waals surface area (Å²) in [7, 11) is 1.72. The average molecular weight is 204 g/mol. The van der Waals surface area contributed by atoms with Crippen LogP contribution in [0.2, 0.25) is 0 Å². The molecule has 0 spiro atoms. The minimum atomic E-state index is -0.229. The molecule has 1 amide bonds. The van der Waals surface area contributed by atoms with Crippen LogP contribution in [0.25, 0.3) is 6.08 Å². The minimum absolute atomic E-state index is 0.0139. The van der Waals surface area contributed by atoms with E-state index in [9.17, 15) is 9.90 Å². The van der Waals surface area contributed by atoms with Crippen LogP contribution in [0.15, 0.2) is 30.3 Å². The number of nitrogens with zero attached hydrogens (tertiary/aromatic N) is 1. The third-order valence-corrected chi connectivity index (χ3v) is 2.14. The van der Waals surface area contributed by atoms with Crippen molar-refractivity contribution in [3.63, 3.8) is 0 Å². The van der Waals surface area contributed by atoms with E-state index in [1.165, 1.54) is 6.92 Å². The van der Waals surface area contributed by atoms with E-state index in [-0.39, 0.29) is 12.5 Å². The van der Waals surface area contributed by atoms with Gasteiger partial charge in [0.15, 0.2) is 0 Å². The van der Waals surface area contributed by atoms with Crippen molar-refractivity contribution in [2.45, 2.75) is 6.92 Å². The molecule has 0 saturated heterocycles. The van der Waals surface area contributed by atoms with E-state index in [1.807, 2.05) is 24.3 Å². The third-order valence-electron chi connectivity index (χ3n) is 2.14. The van der Waals surface area contributed by atoms with Gasteiger partial charge in [0.2, 0.25) is 5.91 Å². The second kappa shape index (κ2) is 5.32. The van der Waals surface area contributed by atoms with Gasteiger partial charge in [-0.2, -0.15) is 0 Å². The maximum absolute atomic E-state index is 11.1. The van der Waals surface area contributed by atoms with Crippen LogP contribution in [0, 0.1) is 0 Å². The van der Waals surface area contributed by atoms with Crippen molar-refractivity contribution < 1.29 is 9.90 Å². The topological polar surface area (TPSA) is 40.2 Å². The van der Waals surface area contributed by atoms with Crippen LogP contribution < -0.4 is 4.90 Å². The summed E-state index contributed by atoms with van der Waals surface area (Å²) in [6.07, 6.45) is 3.30. The number of anilines is 1. The highest BCUT2D eigenvalue weighted by atomic mass is 16.2. The summed E-state index contributed by atoms with van der Waals surface area (Å²) in [5.74, 6) is -0.0139. The van der Waals surface area contributed by atoms with E-state index < -0.39 is 0 Å². The van der Waals surface area contributed by atoms with Crippen molar-refractivity contribution in [3.8, 4) is 0 Å². The van der Waals surface area contributed by atoms with Crippen molar-refractivity contribution in [2.24, 2.45) is 0 Å². The fourth-order valence-electron chi connectivity index (χ4n) is 1.20. The first-order valence-corrected chi connectivity index (χ1v) is 4.74. The first kappa shape index (κ1) is 11.5. The summed E-state index contributed by atoms with van der Waals surface area (Å²) in [5, 5.41) is 10.3. The Morgan fingerprint density at radius 3 is 2.80 bits per heavy atom. The molecule has 0 aliphatic carbocycles. The monoisotopic (exact) mass is 204 g/mol. The summed E-state index contributed by atoms with van der Waals surface area (Å²) in [5.41, 5.74) is 1.76. The van der Waals surface area contributed by atoms with Crippen molar-refractivity contribution in [2.75, 3.05) is 18.6 Å². The van der Waals surface area contributed by atoms with Crippen molar-refractivity contribution in [1.82, 2.24) is 0 Å². The molecule has 0 fully saturated rings. The number of carbonyl (C=O) groups is 1. The molecule has 0 bridgehead atoms. The number of hydrogen-bond acceptors (Lipinski definition) is 1. The molecule has 0 unspecified atom stereocenters. The molecular formula is C12H14NO2. The molecular weight excluding hydrogens is 190 g/mol. The molecule has 1 radical (unpaired) electrons. The van der Waals surface area contributed by atoms with Crippen LogP contribution in [-0.2, 0) is 9.90 Å². The Morgan fingerprint density at radius 2 is 2.20 bits per heavy atom. The molecule has 0 heterocycles. The molecule has 15 heavy (non-hydrogen) atoms. The highest BCUT2D eigenvalue weighted by Gasteiger charge is 2.04. The standard InChI is InChI=1S/C12H14NO2/c1-10(15)13(2)12-7-3-5-11(9-12)6-4-8-14/h3-7,9H,8H2,1-2H3/b6-4+.